The van der Waals surface area contributed by atoms with Crippen molar-refractivity contribution in [1.82, 2.24) is 10.2 Å². The van der Waals surface area contributed by atoms with Gasteiger partial charge in [0.1, 0.15) is 5.84 Å². The molecule has 41 heavy (non-hydrogen) atoms. The Bertz CT molecular complexity index is 1220. The highest BCUT2D eigenvalue weighted by atomic mass is 32.2. The number of thioether (sulfide) groups is 1. The summed E-state index contributed by atoms with van der Waals surface area (Å²) in [5.74, 6) is -1.17. The largest absolute Gasteiger partial charge is 0.478 e. The summed E-state index contributed by atoms with van der Waals surface area (Å²) in [6, 6.07) is 1.82. The molecule has 0 aromatic heterocycles. The zero-order valence-corrected chi connectivity index (χ0v) is 22.3. The molecule has 1 amide bonds. The first-order chi connectivity index (χ1) is 19.1. The van der Waals surface area contributed by atoms with Crippen LogP contribution in [0.2, 0.25) is 0 Å². The fourth-order valence-corrected chi connectivity index (χ4v) is 4.93. The van der Waals surface area contributed by atoms with Crippen molar-refractivity contribution >= 4 is 34.8 Å². The topological polar surface area (TPSA) is 119 Å². The molecule has 2 aliphatic heterocycles. The van der Waals surface area contributed by atoms with Crippen LogP contribution in [0.1, 0.15) is 42.4 Å². The Labute approximate surface area is 235 Å². The maximum Gasteiger partial charge on any atom is 0.416 e. The van der Waals surface area contributed by atoms with Gasteiger partial charge < -0.3 is 15.5 Å². The summed E-state index contributed by atoms with van der Waals surface area (Å²) in [5, 5.41) is 18.2. The van der Waals surface area contributed by atoms with Gasteiger partial charge in [-0.2, -0.15) is 26.3 Å². The number of aliphatic carboxylic acids is 2. The molecule has 0 unspecified atom stereocenters. The number of amidine groups is 1. The number of amides is 1. The molecule has 1 aromatic rings. The molecule has 8 nitrogen and oxygen atoms in total. The van der Waals surface area contributed by atoms with Gasteiger partial charge >= 0.3 is 24.3 Å². The standard InChI is InChI=1S/C22H23F6N3OS.C4H4O4/c23-21(24,25)16-4-3-15(17(10-16)22(26,27)28)12-31-7-5-13(6-8-31)9-18-19(30-20(32)33-18)29-11-14-1-2-14;5-3(6)1-2-4(7)8/h3-4,9-10,13-14H,1-2,5-8,11-12H2,(H,29,30,32);1-2H,(H,5,6)(H,7,8)/b18-9-;2-1+. The number of piperidine rings is 1. The number of nitrogens with zero attached hydrogens (tertiary/aromatic N) is 2. The van der Waals surface area contributed by atoms with Gasteiger partial charge in [0.25, 0.3) is 5.24 Å². The highest BCUT2D eigenvalue weighted by Crippen LogP contribution is 2.38. The average Bonchev–Trinajstić information content (AvgIpc) is 3.63. The van der Waals surface area contributed by atoms with Crippen LogP contribution in [0.15, 0.2) is 46.3 Å². The Morgan fingerprint density at radius 1 is 1.00 bits per heavy atom. The van der Waals surface area contributed by atoms with Gasteiger partial charge in [0.05, 0.1) is 16.0 Å². The Morgan fingerprint density at radius 2 is 1.61 bits per heavy atom. The molecule has 2 saturated heterocycles. The molecule has 0 radical (unpaired) electrons. The van der Waals surface area contributed by atoms with E-state index in [-0.39, 0.29) is 29.3 Å². The van der Waals surface area contributed by atoms with Crippen LogP contribution in [-0.4, -0.2) is 57.8 Å². The van der Waals surface area contributed by atoms with Gasteiger partial charge in [-0.05, 0) is 80.1 Å². The third-order valence-electron chi connectivity index (χ3n) is 6.39. The normalized spacial score (nSPS) is 20.8. The number of benzene rings is 1. The lowest BCUT2D eigenvalue weighted by atomic mass is 9.95. The number of hydrogen-bond acceptors (Lipinski definition) is 6. The van der Waals surface area contributed by atoms with Crippen molar-refractivity contribution in [1.29, 1.82) is 0 Å². The van der Waals surface area contributed by atoms with Gasteiger partial charge in [-0.3, -0.25) is 14.7 Å². The fourth-order valence-electron chi connectivity index (χ4n) is 4.11. The number of halogens is 6. The second-order valence-electron chi connectivity index (χ2n) is 9.67. The monoisotopic (exact) mass is 607 g/mol. The summed E-state index contributed by atoms with van der Waals surface area (Å²) < 4.78 is 78.9. The lowest BCUT2D eigenvalue weighted by Gasteiger charge is -2.31. The van der Waals surface area contributed by atoms with Crippen LogP contribution in [0.4, 0.5) is 31.1 Å². The predicted molar refractivity (Wildman–Crippen MR) is 138 cm³/mol. The SMILES string of the molecule is O=C(O)/C=C/C(=O)O.O=C1NC(=NCC2CC2)/C(=C/C2CCN(Cc3ccc(C(F)(F)F)cc3C(F)(F)F)CC2)S1. The summed E-state index contributed by atoms with van der Waals surface area (Å²) in [5.41, 5.74) is -2.71. The summed E-state index contributed by atoms with van der Waals surface area (Å²) in [6.07, 6.45) is -2.91. The molecule has 1 aromatic carbocycles. The number of carboxylic acids is 2. The van der Waals surface area contributed by atoms with E-state index in [2.05, 4.69) is 10.3 Å². The first-order valence-electron chi connectivity index (χ1n) is 12.5. The molecule has 0 bridgehead atoms. The van der Waals surface area contributed by atoms with Crippen molar-refractivity contribution in [3.63, 3.8) is 0 Å². The van der Waals surface area contributed by atoms with Crippen molar-refractivity contribution in [2.45, 2.75) is 44.6 Å². The Balaban J connectivity index is 0.000000507. The maximum atomic E-state index is 13.4. The van der Waals surface area contributed by atoms with Gasteiger partial charge in [-0.1, -0.05) is 12.1 Å². The second kappa shape index (κ2) is 13.6. The molecule has 0 spiro atoms. The fraction of sp³-hybridized carbons (Fsp3) is 0.462. The van der Waals surface area contributed by atoms with Gasteiger partial charge in [0.2, 0.25) is 0 Å². The molecule has 3 fully saturated rings. The summed E-state index contributed by atoms with van der Waals surface area (Å²) in [4.78, 5) is 38.0. The molecule has 1 saturated carbocycles. The summed E-state index contributed by atoms with van der Waals surface area (Å²) in [7, 11) is 0. The minimum Gasteiger partial charge on any atom is -0.478 e. The van der Waals surface area contributed by atoms with Gasteiger partial charge in [0.15, 0.2) is 0 Å². The minimum absolute atomic E-state index is 0.0703. The second-order valence-corrected chi connectivity index (χ2v) is 10.7. The molecule has 15 heteroatoms. The van der Waals surface area contributed by atoms with E-state index in [4.69, 9.17) is 10.2 Å². The van der Waals surface area contributed by atoms with Crippen LogP contribution in [0.25, 0.3) is 0 Å². The van der Waals surface area contributed by atoms with Crippen molar-refractivity contribution in [2.24, 2.45) is 16.8 Å². The van der Waals surface area contributed by atoms with Gasteiger partial charge in [-0.25, -0.2) is 9.59 Å². The van der Waals surface area contributed by atoms with Gasteiger partial charge in [-0.15, -0.1) is 0 Å². The minimum atomic E-state index is -4.87. The molecular formula is C26H27F6N3O5S. The maximum absolute atomic E-state index is 13.4. The average molecular weight is 608 g/mol. The van der Waals surface area contributed by atoms with E-state index in [0.717, 1.165) is 35.6 Å². The van der Waals surface area contributed by atoms with Crippen molar-refractivity contribution in [3.8, 4) is 0 Å². The van der Waals surface area contributed by atoms with Crippen LogP contribution in [0, 0.1) is 11.8 Å². The predicted octanol–water partition coefficient (Wildman–Crippen LogP) is 5.80. The third kappa shape index (κ3) is 10.5. The molecule has 3 aliphatic rings. The Hall–Kier alpha value is -3.33. The number of nitrogens with one attached hydrogen (secondary N) is 1. The first kappa shape index (κ1) is 32.2. The molecule has 4 rings (SSSR count). The number of likely N-dealkylation sites (tertiary alicyclic amines) is 1. The zero-order valence-electron chi connectivity index (χ0n) is 21.5. The molecule has 1 aliphatic carbocycles. The summed E-state index contributed by atoms with van der Waals surface area (Å²) >= 11 is 1.10. The number of carbonyl (C=O) groups is 3. The number of carbonyl (C=O) groups excluding carboxylic acids is 1. The number of hydrogen-bond donors (Lipinski definition) is 3. The molecule has 3 N–H and O–H groups in total. The smallest absolute Gasteiger partial charge is 0.416 e. The number of carboxylic acid groups (broad SMARTS) is 2. The molecule has 2 heterocycles. The van der Waals surface area contributed by atoms with Crippen LogP contribution in [-0.2, 0) is 28.5 Å². The number of aliphatic imine (C=N–C) groups is 1. The van der Waals surface area contributed by atoms with Crippen LogP contribution < -0.4 is 5.32 Å². The van der Waals surface area contributed by atoms with E-state index in [9.17, 15) is 40.7 Å². The van der Waals surface area contributed by atoms with E-state index in [1.165, 1.54) is 0 Å². The van der Waals surface area contributed by atoms with E-state index in [1.54, 1.807) is 0 Å². The highest BCUT2D eigenvalue weighted by Gasteiger charge is 2.38. The first-order valence-corrected chi connectivity index (χ1v) is 13.3. The van der Waals surface area contributed by atoms with Crippen LogP contribution in [0.5, 0.6) is 0 Å². The zero-order chi connectivity index (χ0) is 30.4. The van der Waals surface area contributed by atoms with Crippen molar-refractivity contribution in [2.75, 3.05) is 19.6 Å². The Kier molecular flexibility index (Phi) is 10.6. The van der Waals surface area contributed by atoms with Crippen LogP contribution >= 0.6 is 11.8 Å². The molecule has 224 valence electrons. The molecule has 0 atom stereocenters. The number of allylic oxidation sites excluding steroid dienone is 1. The van der Waals surface area contributed by atoms with Gasteiger partial charge in [0, 0.05) is 25.2 Å². The Morgan fingerprint density at radius 3 is 2.12 bits per heavy atom. The summed E-state index contributed by atoms with van der Waals surface area (Å²) in [6.45, 7) is 1.64. The highest BCUT2D eigenvalue weighted by molar-refractivity contribution is 8.18. The molecular weight excluding hydrogens is 580 g/mol. The number of rotatable bonds is 7. The quantitative estimate of drug-likeness (QED) is 0.265. The number of alkyl halides is 6. The van der Waals surface area contributed by atoms with E-state index in [0.29, 0.717) is 62.4 Å². The lowest BCUT2D eigenvalue weighted by Crippen LogP contribution is -2.33. The van der Waals surface area contributed by atoms with Crippen molar-refractivity contribution in [3.05, 3.63) is 58.0 Å². The van der Waals surface area contributed by atoms with E-state index < -0.39 is 35.4 Å². The van der Waals surface area contributed by atoms with E-state index in [1.807, 2.05) is 11.0 Å². The third-order valence-corrected chi connectivity index (χ3v) is 7.22. The van der Waals surface area contributed by atoms with E-state index >= 15 is 0 Å². The lowest BCUT2D eigenvalue weighted by molar-refractivity contribution is -0.143. The van der Waals surface area contributed by atoms with Crippen LogP contribution in [0.3, 0.4) is 0 Å². The van der Waals surface area contributed by atoms with Crippen molar-refractivity contribution < 1.29 is 50.9 Å².